The Hall–Kier alpha value is -0.780. The maximum Gasteiger partial charge on any atom is 0.253 e. The fraction of sp³-hybridized carbons (Fsp3) is 0.500. The first-order valence-electron chi connectivity index (χ1n) is 4.72. The van der Waals surface area contributed by atoms with Crippen molar-refractivity contribution in [1.82, 2.24) is 4.98 Å². The smallest absolute Gasteiger partial charge is 0.253 e. The van der Waals surface area contributed by atoms with Crippen molar-refractivity contribution in [2.24, 2.45) is 0 Å². The number of aliphatic hydroxyl groups is 2. The molecule has 15 heavy (non-hydrogen) atoms. The van der Waals surface area contributed by atoms with Crippen LogP contribution in [0.5, 0.6) is 0 Å². The fourth-order valence-electron chi connectivity index (χ4n) is 1.33. The topological polar surface area (TPSA) is 73.3 Å². The van der Waals surface area contributed by atoms with Gasteiger partial charge in [-0.05, 0) is 30.7 Å². The molecule has 0 aromatic carbocycles. The van der Waals surface area contributed by atoms with Gasteiger partial charge in [0, 0.05) is 11.8 Å². The lowest BCUT2D eigenvalue weighted by Gasteiger charge is -2.16. The molecule has 4 nitrogen and oxygen atoms in total. The second-order valence-electron chi connectivity index (χ2n) is 3.49. The Labute approximate surface area is 93.4 Å². The van der Waals surface area contributed by atoms with Crippen molar-refractivity contribution >= 4 is 12.6 Å². The lowest BCUT2D eigenvalue weighted by molar-refractivity contribution is 0.0164. The van der Waals surface area contributed by atoms with Gasteiger partial charge in [0.25, 0.3) is 5.56 Å². The Balaban J connectivity index is 2.94. The number of thiol groups is 1. The first kappa shape index (κ1) is 12.3. The van der Waals surface area contributed by atoms with Crippen LogP contribution in [0.4, 0.5) is 0 Å². The molecular weight excluding hydrogens is 214 g/mol. The van der Waals surface area contributed by atoms with E-state index < -0.39 is 12.2 Å². The molecule has 2 unspecified atom stereocenters. The SMILES string of the molecule is Cc1c[nH]c(=O)c(C(O)C(O)CCS)c1. The zero-order chi connectivity index (χ0) is 11.4. The third kappa shape index (κ3) is 3.09. The van der Waals surface area contributed by atoms with Gasteiger partial charge in [0.15, 0.2) is 0 Å². The molecule has 0 aliphatic carbocycles. The van der Waals surface area contributed by atoms with Crippen LogP contribution in [-0.4, -0.2) is 27.1 Å². The number of nitrogens with one attached hydrogen (secondary N) is 1. The lowest BCUT2D eigenvalue weighted by Crippen LogP contribution is -2.25. The predicted molar refractivity (Wildman–Crippen MR) is 61.2 cm³/mol. The van der Waals surface area contributed by atoms with Gasteiger partial charge in [-0.15, -0.1) is 0 Å². The summed E-state index contributed by atoms with van der Waals surface area (Å²) in [7, 11) is 0. The van der Waals surface area contributed by atoms with E-state index in [1.807, 2.05) is 0 Å². The summed E-state index contributed by atoms with van der Waals surface area (Å²) in [6.45, 7) is 1.80. The molecule has 0 saturated carbocycles. The summed E-state index contributed by atoms with van der Waals surface area (Å²) in [4.78, 5) is 13.9. The van der Waals surface area contributed by atoms with Crippen molar-refractivity contribution in [1.29, 1.82) is 0 Å². The number of H-pyrrole nitrogens is 1. The second kappa shape index (κ2) is 5.34. The Morgan fingerprint density at radius 1 is 1.53 bits per heavy atom. The molecule has 1 aromatic rings. The van der Waals surface area contributed by atoms with Crippen molar-refractivity contribution in [3.05, 3.63) is 33.7 Å². The van der Waals surface area contributed by atoms with E-state index in [9.17, 15) is 15.0 Å². The third-order valence-corrected chi connectivity index (χ3v) is 2.44. The lowest BCUT2D eigenvalue weighted by atomic mass is 10.0. The highest BCUT2D eigenvalue weighted by Crippen LogP contribution is 2.16. The Morgan fingerprint density at radius 3 is 2.80 bits per heavy atom. The van der Waals surface area contributed by atoms with Gasteiger partial charge < -0.3 is 15.2 Å². The number of rotatable bonds is 4. The average Bonchev–Trinajstić information content (AvgIpc) is 2.21. The molecule has 3 N–H and O–H groups in total. The maximum absolute atomic E-state index is 11.4. The van der Waals surface area contributed by atoms with E-state index in [1.54, 1.807) is 19.2 Å². The average molecular weight is 229 g/mol. The number of hydrogen-bond donors (Lipinski definition) is 4. The molecule has 84 valence electrons. The van der Waals surface area contributed by atoms with E-state index in [4.69, 9.17) is 0 Å². The normalized spacial score (nSPS) is 14.9. The number of hydrogen-bond acceptors (Lipinski definition) is 4. The van der Waals surface area contributed by atoms with Gasteiger partial charge in [-0.1, -0.05) is 0 Å². The van der Waals surface area contributed by atoms with E-state index in [0.717, 1.165) is 5.56 Å². The molecule has 0 spiro atoms. The van der Waals surface area contributed by atoms with Crippen LogP contribution >= 0.6 is 12.6 Å². The maximum atomic E-state index is 11.4. The summed E-state index contributed by atoms with van der Waals surface area (Å²) >= 11 is 3.96. The second-order valence-corrected chi connectivity index (χ2v) is 3.93. The minimum atomic E-state index is -1.15. The molecule has 1 heterocycles. The first-order valence-corrected chi connectivity index (χ1v) is 5.35. The molecule has 0 bridgehead atoms. The van der Waals surface area contributed by atoms with Crippen LogP contribution in [0.1, 0.15) is 23.7 Å². The summed E-state index contributed by atoms with van der Waals surface area (Å²) in [6.07, 6.45) is -0.201. The van der Waals surface area contributed by atoms with E-state index in [0.29, 0.717) is 12.2 Å². The number of pyridine rings is 1. The standard InChI is InChI=1S/C10H15NO3S/c1-6-4-7(10(14)11-5-6)9(13)8(12)2-3-15/h4-5,8-9,12-13,15H,2-3H2,1H3,(H,11,14). The minimum absolute atomic E-state index is 0.198. The molecule has 0 aliphatic heterocycles. The highest BCUT2D eigenvalue weighted by molar-refractivity contribution is 7.80. The Bertz CT molecular complexity index is 377. The highest BCUT2D eigenvalue weighted by atomic mass is 32.1. The molecule has 1 aromatic heterocycles. The van der Waals surface area contributed by atoms with Crippen LogP contribution in [-0.2, 0) is 0 Å². The molecule has 0 radical (unpaired) electrons. The van der Waals surface area contributed by atoms with E-state index in [-0.39, 0.29) is 11.1 Å². The largest absolute Gasteiger partial charge is 0.390 e. The summed E-state index contributed by atoms with van der Waals surface area (Å²) in [5.41, 5.74) is 0.664. The van der Waals surface area contributed by atoms with Gasteiger partial charge in [0.05, 0.1) is 6.10 Å². The van der Waals surface area contributed by atoms with Crippen LogP contribution in [0.3, 0.4) is 0 Å². The van der Waals surface area contributed by atoms with Crippen molar-refractivity contribution in [2.45, 2.75) is 25.6 Å². The molecule has 0 aliphatic rings. The number of aromatic nitrogens is 1. The van der Waals surface area contributed by atoms with Gasteiger partial charge >= 0.3 is 0 Å². The van der Waals surface area contributed by atoms with Crippen molar-refractivity contribution in [3.63, 3.8) is 0 Å². The highest BCUT2D eigenvalue weighted by Gasteiger charge is 2.20. The monoisotopic (exact) mass is 229 g/mol. The summed E-state index contributed by atoms with van der Waals surface area (Å²) in [5.74, 6) is 0.460. The molecule has 0 amide bonds. The summed E-state index contributed by atoms with van der Waals surface area (Å²) in [5, 5.41) is 19.3. The Morgan fingerprint density at radius 2 is 2.20 bits per heavy atom. The first-order chi connectivity index (χ1) is 7.06. The number of aromatic amines is 1. The molecule has 0 saturated heterocycles. The van der Waals surface area contributed by atoms with Crippen molar-refractivity contribution in [3.8, 4) is 0 Å². The van der Waals surface area contributed by atoms with Crippen LogP contribution in [0.25, 0.3) is 0 Å². The molecule has 1 rings (SSSR count). The van der Waals surface area contributed by atoms with Crippen LogP contribution < -0.4 is 5.56 Å². The van der Waals surface area contributed by atoms with Gasteiger partial charge in [-0.3, -0.25) is 4.79 Å². The number of aliphatic hydroxyl groups excluding tert-OH is 2. The van der Waals surface area contributed by atoms with E-state index in [2.05, 4.69) is 17.6 Å². The van der Waals surface area contributed by atoms with Crippen molar-refractivity contribution in [2.75, 3.05) is 5.75 Å². The van der Waals surface area contributed by atoms with Crippen molar-refractivity contribution < 1.29 is 10.2 Å². The zero-order valence-electron chi connectivity index (χ0n) is 8.47. The third-order valence-electron chi connectivity index (χ3n) is 2.18. The van der Waals surface area contributed by atoms with Gasteiger partial charge in [0.2, 0.25) is 0 Å². The molecular formula is C10H15NO3S. The Kier molecular flexibility index (Phi) is 4.38. The van der Waals surface area contributed by atoms with Gasteiger partial charge in [-0.25, -0.2) is 0 Å². The number of aryl methyl sites for hydroxylation is 1. The predicted octanol–water partition coefficient (Wildman–Crippen LogP) is 0.398. The van der Waals surface area contributed by atoms with E-state index in [1.165, 1.54) is 0 Å². The van der Waals surface area contributed by atoms with Gasteiger partial charge in [0.1, 0.15) is 6.10 Å². The van der Waals surface area contributed by atoms with E-state index >= 15 is 0 Å². The minimum Gasteiger partial charge on any atom is -0.390 e. The fourth-order valence-corrected chi connectivity index (χ4v) is 1.60. The quantitative estimate of drug-likeness (QED) is 0.565. The molecule has 2 atom stereocenters. The summed E-state index contributed by atoms with van der Waals surface area (Å²) < 4.78 is 0. The van der Waals surface area contributed by atoms with Crippen LogP contribution in [0, 0.1) is 6.92 Å². The molecule has 0 fully saturated rings. The van der Waals surface area contributed by atoms with Crippen LogP contribution in [0.2, 0.25) is 0 Å². The van der Waals surface area contributed by atoms with Gasteiger partial charge in [-0.2, -0.15) is 12.6 Å². The zero-order valence-corrected chi connectivity index (χ0v) is 9.37. The van der Waals surface area contributed by atoms with Crippen LogP contribution in [0.15, 0.2) is 17.1 Å². The summed E-state index contributed by atoms with van der Waals surface area (Å²) in [6, 6.07) is 1.57. The molecule has 5 heteroatoms.